The van der Waals surface area contributed by atoms with E-state index in [1.54, 1.807) is 0 Å². The highest BCUT2D eigenvalue weighted by atomic mass is 16.5. The summed E-state index contributed by atoms with van der Waals surface area (Å²) in [5, 5.41) is 0. The SMILES string of the molecule is C[C@H](N)CCOC[C@@H]1COC(c2ccccc2)=N1. The second-order valence-corrected chi connectivity index (χ2v) is 4.61. The summed E-state index contributed by atoms with van der Waals surface area (Å²) in [5.41, 5.74) is 6.68. The van der Waals surface area contributed by atoms with Gasteiger partial charge in [0.1, 0.15) is 12.6 Å². The maximum atomic E-state index is 5.65. The molecule has 1 aromatic carbocycles. The number of ether oxygens (including phenoxy) is 2. The molecule has 0 saturated carbocycles. The average molecular weight is 248 g/mol. The van der Waals surface area contributed by atoms with Crippen molar-refractivity contribution in [2.45, 2.75) is 25.4 Å². The van der Waals surface area contributed by atoms with Crippen LogP contribution in [-0.2, 0) is 9.47 Å². The third kappa shape index (κ3) is 3.82. The van der Waals surface area contributed by atoms with Crippen LogP contribution >= 0.6 is 0 Å². The molecular formula is C14H20N2O2. The summed E-state index contributed by atoms with van der Waals surface area (Å²) in [6.07, 6.45) is 0.878. The molecule has 0 radical (unpaired) electrons. The van der Waals surface area contributed by atoms with Crippen molar-refractivity contribution in [2.24, 2.45) is 10.7 Å². The summed E-state index contributed by atoms with van der Waals surface area (Å²) in [6, 6.07) is 10.2. The van der Waals surface area contributed by atoms with Gasteiger partial charge in [0.05, 0.1) is 6.61 Å². The van der Waals surface area contributed by atoms with Crippen molar-refractivity contribution in [1.82, 2.24) is 0 Å². The van der Waals surface area contributed by atoms with Crippen LogP contribution in [-0.4, -0.2) is 37.8 Å². The summed E-state index contributed by atoms with van der Waals surface area (Å²) in [5.74, 6) is 0.719. The zero-order valence-electron chi connectivity index (χ0n) is 10.7. The van der Waals surface area contributed by atoms with Gasteiger partial charge >= 0.3 is 0 Å². The molecule has 18 heavy (non-hydrogen) atoms. The maximum absolute atomic E-state index is 5.65. The second kappa shape index (κ2) is 6.52. The lowest BCUT2D eigenvalue weighted by Gasteiger charge is -2.08. The molecule has 1 heterocycles. The Morgan fingerprint density at radius 3 is 2.94 bits per heavy atom. The minimum absolute atomic E-state index is 0.105. The van der Waals surface area contributed by atoms with Crippen LogP contribution in [0.1, 0.15) is 18.9 Å². The van der Waals surface area contributed by atoms with Gasteiger partial charge in [0.15, 0.2) is 0 Å². The molecule has 0 aromatic heterocycles. The lowest BCUT2D eigenvalue weighted by atomic mass is 10.2. The number of benzene rings is 1. The molecule has 1 aliphatic heterocycles. The minimum atomic E-state index is 0.105. The number of hydrogen-bond donors (Lipinski definition) is 1. The van der Waals surface area contributed by atoms with E-state index in [9.17, 15) is 0 Å². The zero-order valence-corrected chi connectivity index (χ0v) is 10.7. The van der Waals surface area contributed by atoms with Gasteiger partial charge in [0.2, 0.25) is 5.90 Å². The molecule has 0 unspecified atom stereocenters. The normalized spacial score (nSPS) is 20.3. The van der Waals surface area contributed by atoms with Crippen LogP contribution in [0.2, 0.25) is 0 Å². The van der Waals surface area contributed by atoms with Gasteiger partial charge in [-0.1, -0.05) is 18.2 Å². The topological polar surface area (TPSA) is 56.8 Å². The fourth-order valence-corrected chi connectivity index (χ4v) is 1.73. The van der Waals surface area contributed by atoms with Crippen LogP contribution in [0.15, 0.2) is 35.3 Å². The minimum Gasteiger partial charge on any atom is -0.475 e. The van der Waals surface area contributed by atoms with E-state index in [-0.39, 0.29) is 12.1 Å². The number of hydrogen-bond acceptors (Lipinski definition) is 4. The third-order valence-corrected chi connectivity index (χ3v) is 2.76. The molecule has 2 atom stereocenters. The average Bonchev–Trinajstić information content (AvgIpc) is 2.84. The van der Waals surface area contributed by atoms with Crippen LogP contribution in [0.25, 0.3) is 0 Å². The van der Waals surface area contributed by atoms with Crippen LogP contribution in [0.3, 0.4) is 0 Å². The first-order valence-corrected chi connectivity index (χ1v) is 6.35. The second-order valence-electron chi connectivity index (χ2n) is 4.61. The van der Waals surface area contributed by atoms with Gasteiger partial charge in [-0.15, -0.1) is 0 Å². The monoisotopic (exact) mass is 248 g/mol. The van der Waals surface area contributed by atoms with Gasteiger partial charge in [-0.2, -0.15) is 0 Å². The van der Waals surface area contributed by atoms with Crippen molar-refractivity contribution in [3.05, 3.63) is 35.9 Å². The highest BCUT2D eigenvalue weighted by molar-refractivity contribution is 5.95. The van der Waals surface area contributed by atoms with E-state index >= 15 is 0 Å². The Hall–Kier alpha value is -1.39. The Balaban J connectivity index is 1.78. The maximum Gasteiger partial charge on any atom is 0.216 e. The van der Waals surface area contributed by atoms with E-state index in [1.807, 2.05) is 37.3 Å². The lowest BCUT2D eigenvalue weighted by Crippen LogP contribution is -2.20. The number of aliphatic imine (C=N–C) groups is 1. The van der Waals surface area contributed by atoms with Gasteiger partial charge < -0.3 is 15.2 Å². The number of nitrogens with zero attached hydrogens (tertiary/aromatic N) is 1. The van der Waals surface area contributed by atoms with E-state index in [2.05, 4.69) is 4.99 Å². The zero-order chi connectivity index (χ0) is 12.8. The van der Waals surface area contributed by atoms with Crippen molar-refractivity contribution in [1.29, 1.82) is 0 Å². The van der Waals surface area contributed by atoms with E-state index in [4.69, 9.17) is 15.2 Å². The molecule has 0 amide bonds. The first-order chi connectivity index (χ1) is 8.75. The van der Waals surface area contributed by atoms with Crippen molar-refractivity contribution in [3.63, 3.8) is 0 Å². The van der Waals surface area contributed by atoms with Crippen molar-refractivity contribution < 1.29 is 9.47 Å². The van der Waals surface area contributed by atoms with Crippen LogP contribution in [0.4, 0.5) is 0 Å². The van der Waals surface area contributed by atoms with E-state index in [1.165, 1.54) is 0 Å². The van der Waals surface area contributed by atoms with Gasteiger partial charge in [0.25, 0.3) is 0 Å². The van der Waals surface area contributed by atoms with Gasteiger partial charge in [-0.25, -0.2) is 4.99 Å². The van der Waals surface area contributed by atoms with Crippen LogP contribution in [0.5, 0.6) is 0 Å². The van der Waals surface area contributed by atoms with Crippen LogP contribution < -0.4 is 5.73 Å². The Labute approximate surface area is 108 Å². The Kier molecular flexibility index (Phi) is 4.73. The van der Waals surface area contributed by atoms with Crippen molar-refractivity contribution >= 4 is 5.90 Å². The molecule has 0 spiro atoms. The quantitative estimate of drug-likeness (QED) is 0.778. The summed E-state index contributed by atoms with van der Waals surface area (Å²) in [7, 11) is 0. The summed E-state index contributed by atoms with van der Waals surface area (Å²) >= 11 is 0. The molecule has 0 saturated heterocycles. The number of rotatable bonds is 6. The Morgan fingerprint density at radius 2 is 2.22 bits per heavy atom. The Bertz CT molecular complexity index is 390. The standard InChI is InChI=1S/C14H20N2O2/c1-11(15)7-8-17-9-13-10-18-14(16-13)12-5-3-2-4-6-12/h2-6,11,13H,7-10,15H2,1H3/t11-,13+/m0/s1. The first-order valence-electron chi connectivity index (χ1n) is 6.35. The van der Waals surface area contributed by atoms with Crippen molar-refractivity contribution in [2.75, 3.05) is 19.8 Å². The predicted octanol–water partition coefficient (Wildman–Crippen LogP) is 1.59. The largest absolute Gasteiger partial charge is 0.475 e. The van der Waals surface area contributed by atoms with Crippen molar-refractivity contribution in [3.8, 4) is 0 Å². The molecule has 0 bridgehead atoms. The highest BCUT2D eigenvalue weighted by Crippen LogP contribution is 2.12. The summed E-state index contributed by atoms with van der Waals surface area (Å²) < 4.78 is 11.1. The van der Waals surface area contributed by atoms with Gasteiger partial charge in [-0.05, 0) is 25.5 Å². The van der Waals surface area contributed by atoms with E-state index in [0.29, 0.717) is 19.8 Å². The fraction of sp³-hybridized carbons (Fsp3) is 0.500. The Morgan fingerprint density at radius 1 is 1.44 bits per heavy atom. The lowest BCUT2D eigenvalue weighted by molar-refractivity contribution is 0.108. The molecule has 0 aliphatic carbocycles. The summed E-state index contributed by atoms with van der Waals surface area (Å²) in [4.78, 5) is 4.51. The molecule has 4 heteroatoms. The predicted molar refractivity (Wildman–Crippen MR) is 71.8 cm³/mol. The van der Waals surface area contributed by atoms with E-state index < -0.39 is 0 Å². The number of nitrogens with two attached hydrogens (primary N) is 1. The summed E-state index contributed by atoms with van der Waals surface area (Å²) in [6.45, 7) is 3.86. The molecule has 1 aliphatic rings. The molecule has 1 aromatic rings. The molecule has 4 nitrogen and oxygen atoms in total. The molecule has 2 N–H and O–H groups in total. The fourth-order valence-electron chi connectivity index (χ4n) is 1.73. The highest BCUT2D eigenvalue weighted by Gasteiger charge is 2.19. The van der Waals surface area contributed by atoms with Crippen LogP contribution in [0, 0.1) is 0 Å². The van der Waals surface area contributed by atoms with Gasteiger partial charge in [-0.3, -0.25) is 0 Å². The van der Waals surface area contributed by atoms with E-state index in [0.717, 1.165) is 17.9 Å². The van der Waals surface area contributed by atoms with Gasteiger partial charge in [0, 0.05) is 18.2 Å². The molecule has 2 rings (SSSR count). The molecule has 0 fully saturated rings. The molecular weight excluding hydrogens is 228 g/mol. The smallest absolute Gasteiger partial charge is 0.216 e. The molecule has 98 valence electrons. The first kappa shape index (κ1) is 13.1. The third-order valence-electron chi connectivity index (χ3n) is 2.76.